The Bertz CT molecular complexity index is 1750. The normalized spacial score (nSPS) is 16.0. The molecule has 1 aliphatic heterocycles. The molecule has 1 amide bonds. The van der Waals surface area contributed by atoms with Crippen molar-refractivity contribution < 1.29 is 18.8 Å². The number of amides is 1. The number of ketones is 1. The van der Waals surface area contributed by atoms with Crippen LogP contribution in [0.15, 0.2) is 54.7 Å². The molecule has 2 aliphatic rings. The molecule has 1 atom stereocenters. The van der Waals surface area contributed by atoms with Gasteiger partial charge in [0.2, 0.25) is 5.91 Å². The summed E-state index contributed by atoms with van der Waals surface area (Å²) in [6.45, 7) is 5.49. The summed E-state index contributed by atoms with van der Waals surface area (Å²) in [6, 6.07) is 13.7. The van der Waals surface area contributed by atoms with Gasteiger partial charge in [0, 0.05) is 74.9 Å². The van der Waals surface area contributed by atoms with Crippen LogP contribution in [0.1, 0.15) is 35.8 Å². The summed E-state index contributed by atoms with van der Waals surface area (Å²) in [7, 11) is 2.12. The number of pyridine rings is 1. The van der Waals surface area contributed by atoms with Crippen LogP contribution in [0, 0.1) is 5.82 Å². The maximum absolute atomic E-state index is 14.3. The minimum atomic E-state index is -0.746. The topological polar surface area (TPSA) is 104 Å². The van der Waals surface area contributed by atoms with Gasteiger partial charge in [0.1, 0.15) is 36.2 Å². The van der Waals surface area contributed by atoms with Gasteiger partial charge in [0.15, 0.2) is 5.78 Å². The van der Waals surface area contributed by atoms with Gasteiger partial charge in [-0.25, -0.2) is 9.37 Å². The van der Waals surface area contributed by atoms with Crippen LogP contribution >= 0.6 is 11.6 Å². The number of anilines is 1. The van der Waals surface area contributed by atoms with Crippen molar-refractivity contribution in [3.8, 4) is 11.1 Å². The minimum Gasteiger partial charge on any atom is -0.354 e. The van der Waals surface area contributed by atoms with Crippen molar-refractivity contribution in [2.45, 2.75) is 44.9 Å². The summed E-state index contributed by atoms with van der Waals surface area (Å²) < 4.78 is 15.9. The van der Waals surface area contributed by atoms with Gasteiger partial charge in [-0.15, -0.1) is 0 Å². The lowest BCUT2D eigenvalue weighted by molar-refractivity contribution is -0.137. The predicted octanol–water partition coefficient (Wildman–Crippen LogP) is 4.19. The summed E-state index contributed by atoms with van der Waals surface area (Å²) in [5, 5.41) is 8.32. The molecule has 46 heavy (non-hydrogen) atoms. The molecule has 1 saturated carbocycles. The second kappa shape index (κ2) is 13.7. The smallest absolute Gasteiger partial charge is 0.245 e. The van der Waals surface area contributed by atoms with Crippen molar-refractivity contribution in [1.29, 1.82) is 0 Å². The second-order valence-corrected chi connectivity index (χ2v) is 12.5. The Labute approximate surface area is 272 Å². The molecule has 0 radical (unpaired) electrons. The number of benzene rings is 2. The van der Waals surface area contributed by atoms with E-state index in [9.17, 15) is 18.8 Å². The third-order valence-corrected chi connectivity index (χ3v) is 9.01. The van der Waals surface area contributed by atoms with Crippen molar-refractivity contribution in [2.24, 2.45) is 0 Å². The van der Waals surface area contributed by atoms with Crippen LogP contribution in [-0.2, 0) is 22.7 Å². The molecule has 2 aromatic carbocycles. The highest BCUT2D eigenvalue weighted by Crippen LogP contribution is 2.31. The molecule has 10 nitrogen and oxygen atoms in total. The summed E-state index contributed by atoms with van der Waals surface area (Å²) in [4.78, 5) is 49.4. The average Bonchev–Trinajstić information content (AvgIpc) is 3.83. The Morgan fingerprint density at radius 2 is 1.87 bits per heavy atom. The number of aldehydes is 1. The van der Waals surface area contributed by atoms with E-state index < -0.39 is 11.9 Å². The van der Waals surface area contributed by atoms with E-state index in [4.69, 9.17) is 16.6 Å². The number of hydrogen-bond donors (Lipinski definition) is 1. The molecule has 1 aliphatic carbocycles. The number of fused-ring (bicyclic) bond motifs is 1. The predicted molar refractivity (Wildman–Crippen MR) is 176 cm³/mol. The van der Waals surface area contributed by atoms with Crippen molar-refractivity contribution in [3.05, 3.63) is 76.8 Å². The van der Waals surface area contributed by atoms with Crippen LogP contribution in [0.5, 0.6) is 0 Å². The lowest BCUT2D eigenvalue weighted by Gasteiger charge is -2.33. The summed E-state index contributed by atoms with van der Waals surface area (Å²) in [5.74, 6) is -0.0560. The second-order valence-electron chi connectivity index (χ2n) is 12.1. The first-order chi connectivity index (χ1) is 22.2. The molecule has 6 rings (SSSR count). The van der Waals surface area contributed by atoms with Crippen LogP contribution in [-0.4, -0.2) is 94.4 Å². The van der Waals surface area contributed by atoms with Gasteiger partial charge in [0.25, 0.3) is 0 Å². The van der Waals surface area contributed by atoms with E-state index in [1.165, 1.54) is 13.0 Å². The highest BCUT2D eigenvalue weighted by Gasteiger charge is 2.37. The van der Waals surface area contributed by atoms with Crippen molar-refractivity contribution in [3.63, 3.8) is 0 Å². The molecule has 2 fully saturated rings. The number of rotatable bonds is 12. The number of Topliss-reactive ketones (excluding diaryl/α,β-unsaturated/α-hetero) is 1. The third-order valence-electron chi connectivity index (χ3n) is 8.72. The van der Waals surface area contributed by atoms with Gasteiger partial charge in [-0.1, -0.05) is 29.8 Å². The van der Waals surface area contributed by atoms with E-state index in [1.54, 1.807) is 21.7 Å². The van der Waals surface area contributed by atoms with Crippen LogP contribution in [0.2, 0.25) is 5.02 Å². The summed E-state index contributed by atoms with van der Waals surface area (Å²) in [5.41, 5.74) is 3.11. The quantitative estimate of drug-likeness (QED) is 0.181. The number of nitrogens with one attached hydrogen (secondary N) is 1. The van der Waals surface area contributed by atoms with E-state index in [1.807, 2.05) is 36.5 Å². The zero-order valence-corrected chi connectivity index (χ0v) is 26.7. The lowest BCUT2D eigenvalue weighted by atomic mass is 10.0. The largest absolute Gasteiger partial charge is 0.354 e. The fourth-order valence-electron chi connectivity index (χ4n) is 5.99. The maximum Gasteiger partial charge on any atom is 0.245 e. The Morgan fingerprint density at radius 3 is 2.54 bits per heavy atom. The number of carbonyl (C=O) groups excluding carboxylic acids is 3. The summed E-state index contributed by atoms with van der Waals surface area (Å²) in [6.07, 6.45) is 4.18. The number of carbonyl (C=O) groups is 3. The van der Waals surface area contributed by atoms with Crippen molar-refractivity contribution in [2.75, 3.05) is 44.7 Å². The third kappa shape index (κ3) is 6.81. The fourth-order valence-corrected chi connectivity index (χ4v) is 6.19. The molecule has 12 heteroatoms. The van der Waals surface area contributed by atoms with Gasteiger partial charge >= 0.3 is 0 Å². The zero-order valence-electron chi connectivity index (χ0n) is 26.0. The van der Waals surface area contributed by atoms with Gasteiger partial charge in [0.05, 0.1) is 10.5 Å². The highest BCUT2D eigenvalue weighted by atomic mass is 35.5. The molecule has 4 aromatic rings. The average molecular weight is 646 g/mol. The minimum absolute atomic E-state index is 0.0281. The van der Waals surface area contributed by atoms with Gasteiger partial charge in [-0.3, -0.25) is 14.3 Å². The van der Waals surface area contributed by atoms with E-state index in [0.29, 0.717) is 16.5 Å². The van der Waals surface area contributed by atoms with Crippen LogP contribution in [0.4, 0.5) is 10.2 Å². The Morgan fingerprint density at radius 1 is 1.11 bits per heavy atom. The monoisotopic (exact) mass is 645 g/mol. The number of hydrogen-bond acceptors (Lipinski definition) is 8. The SMILES string of the molecule is CC(=O)c1nn(CC(=O)N(C(C=O)CNCc2cccc(Cl)c2F)C2CC2)c2ccc(-c3ccc(N4CCN(C)CC4)nc3)cc12. The van der Waals surface area contributed by atoms with Crippen molar-refractivity contribution >= 4 is 46.3 Å². The number of nitrogens with zero attached hydrogens (tertiary/aromatic N) is 6. The van der Waals surface area contributed by atoms with E-state index in [0.717, 1.165) is 62.3 Å². The Kier molecular flexibility index (Phi) is 9.44. The first-order valence-electron chi connectivity index (χ1n) is 15.5. The number of halogens is 2. The molecule has 2 aromatic heterocycles. The van der Waals surface area contributed by atoms with E-state index in [-0.39, 0.29) is 48.1 Å². The van der Waals surface area contributed by atoms with E-state index in [2.05, 4.69) is 27.3 Å². The molecule has 0 bridgehead atoms. The van der Waals surface area contributed by atoms with Gasteiger partial charge < -0.3 is 24.8 Å². The summed E-state index contributed by atoms with van der Waals surface area (Å²) >= 11 is 5.89. The number of piperazine rings is 1. The molecule has 0 spiro atoms. The zero-order chi connectivity index (χ0) is 32.4. The molecule has 1 unspecified atom stereocenters. The molecular weight excluding hydrogens is 609 g/mol. The molecule has 3 heterocycles. The first-order valence-corrected chi connectivity index (χ1v) is 15.9. The lowest BCUT2D eigenvalue weighted by Crippen LogP contribution is -2.49. The number of likely N-dealkylation sites (N-methyl/N-ethyl adjacent to an activating group) is 1. The van der Waals surface area contributed by atoms with Crippen molar-refractivity contribution in [1.82, 2.24) is 29.9 Å². The molecule has 1 saturated heterocycles. The number of aromatic nitrogens is 3. The standard InChI is InChI=1S/C34H37ClFN7O3/c1-22(45)34-28-16-23(24-7-11-31(38-18-24)41-14-12-40(2)13-15-41)6-10-30(28)42(39-34)20-32(46)43(26-8-9-26)27(21-44)19-37-17-25-4-3-5-29(35)33(25)36/h3-7,10-11,16,18,21,26-27,37H,8-9,12-15,17,19-20H2,1-2H3. The van der Waals surface area contributed by atoms with Gasteiger partial charge in [-0.05, 0) is 55.8 Å². The van der Waals surface area contributed by atoms with Crippen LogP contribution < -0.4 is 10.2 Å². The molecule has 1 N–H and O–H groups in total. The van der Waals surface area contributed by atoms with Gasteiger partial charge in [-0.2, -0.15) is 5.10 Å². The first kappa shape index (κ1) is 31.8. The Balaban J connectivity index is 1.19. The van der Waals surface area contributed by atoms with Crippen LogP contribution in [0.25, 0.3) is 22.0 Å². The maximum atomic E-state index is 14.3. The van der Waals surface area contributed by atoms with E-state index >= 15 is 0 Å². The molecule has 240 valence electrons. The highest BCUT2D eigenvalue weighted by molar-refractivity contribution is 6.30. The molecular formula is C34H37ClFN7O3. The van der Waals surface area contributed by atoms with Crippen LogP contribution in [0.3, 0.4) is 0 Å². The Hall–Kier alpha value is -4.19. The fraction of sp³-hybridized carbons (Fsp3) is 0.382.